The molecule has 6 heteroatoms. The lowest BCUT2D eigenvalue weighted by atomic mass is 10.1. The molecule has 1 aliphatic rings. The van der Waals surface area contributed by atoms with E-state index in [-0.39, 0.29) is 11.7 Å². The monoisotopic (exact) mass is 249 g/mol. The molecule has 2 rings (SSSR count). The first-order valence-electron chi connectivity index (χ1n) is 5.69. The van der Waals surface area contributed by atoms with Crippen LogP contribution in [0.4, 0.5) is 0 Å². The molecule has 1 aromatic rings. The van der Waals surface area contributed by atoms with Gasteiger partial charge in [0.15, 0.2) is 0 Å². The number of primary amides is 1. The van der Waals surface area contributed by atoms with E-state index in [0.717, 1.165) is 0 Å². The van der Waals surface area contributed by atoms with E-state index in [2.05, 4.69) is 5.32 Å². The maximum Gasteiger partial charge on any atom is 0.254 e. The largest absolute Gasteiger partial charge is 0.508 e. The van der Waals surface area contributed by atoms with E-state index in [1.807, 2.05) is 0 Å². The molecule has 1 aliphatic heterocycles. The Morgan fingerprint density at radius 1 is 1.44 bits per heavy atom. The summed E-state index contributed by atoms with van der Waals surface area (Å²) in [5.41, 5.74) is 5.63. The zero-order valence-electron chi connectivity index (χ0n) is 9.80. The lowest BCUT2D eigenvalue weighted by Crippen LogP contribution is -2.58. The first kappa shape index (κ1) is 12.4. The van der Waals surface area contributed by atoms with Crippen LogP contribution in [0.1, 0.15) is 10.4 Å². The van der Waals surface area contributed by atoms with Crippen molar-refractivity contribution in [2.45, 2.75) is 6.04 Å². The molecule has 96 valence electrons. The average Bonchev–Trinajstić information content (AvgIpc) is 2.38. The number of hydrogen-bond acceptors (Lipinski definition) is 4. The summed E-state index contributed by atoms with van der Waals surface area (Å²) in [6.45, 7) is 1.40. The smallest absolute Gasteiger partial charge is 0.254 e. The standard InChI is InChI=1S/C12H15N3O3/c13-11(17)10-7-14-4-5-15(10)12(18)8-2-1-3-9(16)6-8/h1-3,6,10,14,16H,4-5,7H2,(H2,13,17). The minimum Gasteiger partial charge on any atom is -0.508 e. The van der Waals surface area contributed by atoms with Crippen LogP contribution in [0.5, 0.6) is 5.75 Å². The molecule has 0 saturated carbocycles. The van der Waals surface area contributed by atoms with Crippen LogP contribution in [0.25, 0.3) is 0 Å². The number of carbonyl (C=O) groups is 2. The average molecular weight is 249 g/mol. The van der Waals surface area contributed by atoms with Gasteiger partial charge in [0, 0.05) is 25.2 Å². The molecule has 6 nitrogen and oxygen atoms in total. The molecule has 1 heterocycles. The van der Waals surface area contributed by atoms with Crippen molar-refractivity contribution >= 4 is 11.8 Å². The number of piperazine rings is 1. The Bertz CT molecular complexity index is 475. The Morgan fingerprint density at radius 2 is 2.22 bits per heavy atom. The van der Waals surface area contributed by atoms with Crippen LogP contribution in [0, 0.1) is 0 Å². The maximum absolute atomic E-state index is 12.2. The Kier molecular flexibility index (Phi) is 3.47. The minimum atomic E-state index is -0.645. The number of amides is 2. The van der Waals surface area contributed by atoms with Crippen molar-refractivity contribution in [1.82, 2.24) is 10.2 Å². The van der Waals surface area contributed by atoms with Crippen LogP contribution < -0.4 is 11.1 Å². The van der Waals surface area contributed by atoms with Crippen molar-refractivity contribution in [3.05, 3.63) is 29.8 Å². The van der Waals surface area contributed by atoms with Gasteiger partial charge in [-0.2, -0.15) is 0 Å². The predicted molar refractivity (Wildman–Crippen MR) is 65.0 cm³/mol. The highest BCUT2D eigenvalue weighted by Gasteiger charge is 2.31. The van der Waals surface area contributed by atoms with Crippen LogP contribution in [-0.2, 0) is 4.79 Å². The lowest BCUT2D eigenvalue weighted by molar-refractivity contribution is -0.122. The number of nitrogens with one attached hydrogen (secondary N) is 1. The lowest BCUT2D eigenvalue weighted by Gasteiger charge is -2.34. The molecule has 18 heavy (non-hydrogen) atoms. The Morgan fingerprint density at radius 3 is 2.89 bits per heavy atom. The second kappa shape index (κ2) is 5.05. The van der Waals surface area contributed by atoms with E-state index in [0.29, 0.717) is 25.2 Å². The van der Waals surface area contributed by atoms with E-state index < -0.39 is 11.9 Å². The predicted octanol–water partition coefficient (Wildman–Crippen LogP) is -0.708. The fraction of sp³-hybridized carbons (Fsp3) is 0.333. The van der Waals surface area contributed by atoms with E-state index in [9.17, 15) is 14.7 Å². The minimum absolute atomic E-state index is 0.0200. The van der Waals surface area contributed by atoms with Gasteiger partial charge in [0.1, 0.15) is 11.8 Å². The van der Waals surface area contributed by atoms with Gasteiger partial charge in [0.05, 0.1) is 0 Å². The third-order valence-electron chi connectivity index (χ3n) is 2.93. The molecule has 0 radical (unpaired) electrons. The molecule has 4 N–H and O–H groups in total. The molecule has 2 amide bonds. The molecule has 1 aromatic carbocycles. The van der Waals surface area contributed by atoms with Crippen molar-refractivity contribution in [3.8, 4) is 5.75 Å². The summed E-state index contributed by atoms with van der Waals surface area (Å²) in [5.74, 6) is -0.807. The second-order valence-corrected chi connectivity index (χ2v) is 4.17. The molecule has 1 atom stereocenters. The van der Waals surface area contributed by atoms with E-state index in [1.165, 1.54) is 17.0 Å². The van der Waals surface area contributed by atoms with Crippen molar-refractivity contribution in [2.24, 2.45) is 5.73 Å². The molecule has 1 unspecified atom stereocenters. The quantitative estimate of drug-likeness (QED) is 0.645. The first-order chi connectivity index (χ1) is 8.59. The van der Waals surface area contributed by atoms with Crippen LogP contribution in [-0.4, -0.2) is 47.5 Å². The van der Waals surface area contributed by atoms with Gasteiger partial charge >= 0.3 is 0 Å². The Hall–Kier alpha value is -2.08. The molecule has 0 aromatic heterocycles. The third-order valence-corrected chi connectivity index (χ3v) is 2.93. The van der Waals surface area contributed by atoms with Gasteiger partial charge in [-0.1, -0.05) is 6.07 Å². The highest BCUT2D eigenvalue weighted by atomic mass is 16.3. The highest BCUT2D eigenvalue weighted by Crippen LogP contribution is 2.15. The van der Waals surface area contributed by atoms with Crippen LogP contribution in [0.15, 0.2) is 24.3 Å². The topological polar surface area (TPSA) is 95.7 Å². The van der Waals surface area contributed by atoms with Gasteiger partial charge in [0.25, 0.3) is 5.91 Å². The van der Waals surface area contributed by atoms with Gasteiger partial charge in [-0.25, -0.2) is 0 Å². The Balaban J connectivity index is 2.23. The number of carbonyl (C=O) groups excluding carboxylic acids is 2. The molecular formula is C12H15N3O3. The van der Waals surface area contributed by atoms with Crippen LogP contribution >= 0.6 is 0 Å². The summed E-state index contributed by atoms with van der Waals surface area (Å²) in [6, 6.07) is 5.41. The summed E-state index contributed by atoms with van der Waals surface area (Å²) in [4.78, 5) is 25.0. The fourth-order valence-corrected chi connectivity index (χ4v) is 2.01. The van der Waals surface area contributed by atoms with Gasteiger partial charge in [-0.3, -0.25) is 9.59 Å². The molecular weight excluding hydrogens is 234 g/mol. The fourth-order valence-electron chi connectivity index (χ4n) is 2.01. The van der Waals surface area contributed by atoms with Crippen molar-refractivity contribution in [2.75, 3.05) is 19.6 Å². The van der Waals surface area contributed by atoms with Crippen molar-refractivity contribution in [3.63, 3.8) is 0 Å². The molecule has 1 saturated heterocycles. The number of benzene rings is 1. The van der Waals surface area contributed by atoms with E-state index in [4.69, 9.17) is 5.73 Å². The number of nitrogens with zero attached hydrogens (tertiary/aromatic N) is 1. The molecule has 0 bridgehead atoms. The van der Waals surface area contributed by atoms with Crippen LogP contribution in [0.3, 0.4) is 0 Å². The molecule has 0 spiro atoms. The SMILES string of the molecule is NC(=O)C1CNCCN1C(=O)c1cccc(O)c1. The normalized spacial score (nSPS) is 19.6. The summed E-state index contributed by atoms with van der Waals surface area (Å²) in [7, 11) is 0. The number of phenolic OH excluding ortho intramolecular Hbond substituents is 1. The van der Waals surface area contributed by atoms with Gasteiger partial charge in [-0.05, 0) is 18.2 Å². The first-order valence-corrected chi connectivity index (χ1v) is 5.69. The Labute approximate surface area is 104 Å². The zero-order valence-corrected chi connectivity index (χ0v) is 9.80. The number of hydrogen-bond donors (Lipinski definition) is 3. The summed E-state index contributed by atoms with van der Waals surface area (Å²) < 4.78 is 0. The van der Waals surface area contributed by atoms with Gasteiger partial charge in [0.2, 0.25) is 5.91 Å². The van der Waals surface area contributed by atoms with Crippen LogP contribution in [0.2, 0.25) is 0 Å². The highest BCUT2D eigenvalue weighted by molar-refractivity contribution is 5.97. The second-order valence-electron chi connectivity index (χ2n) is 4.17. The molecule has 1 fully saturated rings. The maximum atomic E-state index is 12.2. The van der Waals surface area contributed by atoms with Crippen molar-refractivity contribution < 1.29 is 14.7 Å². The number of rotatable bonds is 2. The molecule has 0 aliphatic carbocycles. The summed E-state index contributed by atoms with van der Waals surface area (Å²) in [6.07, 6.45) is 0. The zero-order chi connectivity index (χ0) is 13.1. The van der Waals surface area contributed by atoms with Gasteiger partial charge in [-0.15, -0.1) is 0 Å². The summed E-state index contributed by atoms with van der Waals surface area (Å²) >= 11 is 0. The van der Waals surface area contributed by atoms with E-state index in [1.54, 1.807) is 12.1 Å². The number of nitrogens with two attached hydrogens (primary N) is 1. The van der Waals surface area contributed by atoms with Gasteiger partial charge < -0.3 is 21.1 Å². The number of aromatic hydroxyl groups is 1. The third kappa shape index (κ3) is 2.43. The number of phenols is 1. The van der Waals surface area contributed by atoms with E-state index >= 15 is 0 Å². The van der Waals surface area contributed by atoms with Crippen molar-refractivity contribution in [1.29, 1.82) is 0 Å². The summed E-state index contributed by atoms with van der Waals surface area (Å²) in [5, 5.41) is 12.4.